The molecule has 1 aromatic heterocycles. The van der Waals surface area contributed by atoms with Crippen molar-refractivity contribution < 1.29 is 9.90 Å². The van der Waals surface area contributed by atoms with Gasteiger partial charge in [-0.3, -0.25) is 4.79 Å². The van der Waals surface area contributed by atoms with E-state index < -0.39 is 11.4 Å². The summed E-state index contributed by atoms with van der Waals surface area (Å²) in [6.07, 6.45) is 11.9. The van der Waals surface area contributed by atoms with Crippen LogP contribution >= 0.6 is 15.9 Å². The van der Waals surface area contributed by atoms with E-state index in [1.54, 1.807) is 0 Å². The zero-order valence-corrected chi connectivity index (χ0v) is 18.5. The summed E-state index contributed by atoms with van der Waals surface area (Å²) >= 11 is 3.87. The number of hydrogen-bond donors (Lipinski definition) is 1. The maximum Gasteiger partial charge on any atom is 0.309 e. The minimum atomic E-state index is -0.757. The highest BCUT2D eigenvalue weighted by atomic mass is 79.9. The molecule has 0 amide bonds. The average molecular weight is 427 g/mol. The van der Waals surface area contributed by atoms with E-state index in [0.29, 0.717) is 5.92 Å². The van der Waals surface area contributed by atoms with Crippen molar-refractivity contribution in [3.8, 4) is 0 Å². The van der Waals surface area contributed by atoms with Crippen LogP contribution in [0.4, 0.5) is 0 Å². The first-order valence-corrected chi connectivity index (χ1v) is 10.8. The number of aryl methyl sites for hydroxylation is 1. The molecule has 2 rings (SSSR count). The van der Waals surface area contributed by atoms with Crippen LogP contribution in [0.3, 0.4) is 0 Å². The van der Waals surface area contributed by atoms with Gasteiger partial charge in [0.15, 0.2) is 0 Å². The molecule has 0 bridgehead atoms. The Bertz CT molecular complexity index is 583. The van der Waals surface area contributed by atoms with Crippen molar-refractivity contribution in [3.63, 3.8) is 0 Å². The van der Waals surface area contributed by atoms with Crippen molar-refractivity contribution in [1.82, 2.24) is 9.55 Å². The molecule has 26 heavy (non-hydrogen) atoms. The number of imidazole rings is 1. The summed E-state index contributed by atoms with van der Waals surface area (Å²) in [5.41, 5.74) is -1.06. The van der Waals surface area contributed by atoms with Gasteiger partial charge >= 0.3 is 5.97 Å². The van der Waals surface area contributed by atoms with E-state index in [4.69, 9.17) is 0 Å². The molecule has 1 N–H and O–H groups in total. The van der Waals surface area contributed by atoms with Crippen molar-refractivity contribution in [2.24, 2.45) is 28.6 Å². The largest absolute Gasteiger partial charge is 0.481 e. The zero-order chi connectivity index (χ0) is 19.5. The van der Waals surface area contributed by atoms with Gasteiger partial charge in [-0.1, -0.05) is 36.7 Å². The number of carboxylic acid groups (broad SMARTS) is 1. The molecule has 1 aliphatic rings. The molecule has 0 spiro atoms. The van der Waals surface area contributed by atoms with Crippen molar-refractivity contribution >= 4 is 21.9 Å². The van der Waals surface area contributed by atoms with Gasteiger partial charge in [-0.2, -0.15) is 0 Å². The van der Waals surface area contributed by atoms with Gasteiger partial charge in [-0.05, 0) is 69.1 Å². The predicted octanol–water partition coefficient (Wildman–Crippen LogP) is 5.62. The predicted molar refractivity (Wildman–Crippen MR) is 109 cm³/mol. The van der Waals surface area contributed by atoms with Gasteiger partial charge in [0, 0.05) is 23.8 Å². The Morgan fingerprint density at radius 3 is 2.62 bits per heavy atom. The molecule has 0 radical (unpaired) electrons. The van der Waals surface area contributed by atoms with Gasteiger partial charge in [0.25, 0.3) is 0 Å². The fourth-order valence-electron chi connectivity index (χ4n) is 4.25. The van der Waals surface area contributed by atoms with Crippen molar-refractivity contribution in [1.29, 1.82) is 0 Å². The Labute approximate surface area is 166 Å². The smallest absolute Gasteiger partial charge is 0.309 e. The van der Waals surface area contributed by atoms with E-state index in [1.165, 1.54) is 25.7 Å². The monoisotopic (exact) mass is 426 g/mol. The third kappa shape index (κ3) is 4.71. The number of hydrogen-bond acceptors (Lipinski definition) is 2. The third-order valence-corrected chi connectivity index (χ3v) is 8.69. The van der Waals surface area contributed by atoms with E-state index in [0.717, 1.165) is 24.8 Å². The number of aromatic nitrogens is 2. The second-order valence-corrected chi connectivity index (χ2v) is 10.5. The van der Waals surface area contributed by atoms with Crippen molar-refractivity contribution in [2.45, 2.75) is 78.1 Å². The summed E-state index contributed by atoms with van der Waals surface area (Å²) in [4.78, 5) is 16.0. The van der Waals surface area contributed by atoms with Gasteiger partial charge in [-0.15, -0.1) is 0 Å². The fourth-order valence-corrected chi connectivity index (χ4v) is 5.30. The molecule has 0 saturated heterocycles. The topological polar surface area (TPSA) is 55.1 Å². The Morgan fingerprint density at radius 1 is 1.35 bits per heavy atom. The molecule has 1 heterocycles. The Kier molecular flexibility index (Phi) is 6.98. The fraction of sp³-hybridized carbons (Fsp3) is 0.810. The van der Waals surface area contributed by atoms with E-state index in [2.05, 4.69) is 46.3 Å². The van der Waals surface area contributed by atoms with Crippen LogP contribution in [0.5, 0.6) is 0 Å². The number of alkyl halides is 1. The Morgan fingerprint density at radius 2 is 2.04 bits per heavy atom. The lowest BCUT2D eigenvalue weighted by atomic mass is 9.64. The minimum absolute atomic E-state index is 0.207. The molecular formula is C21H35BrN2O2. The van der Waals surface area contributed by atoms with Crippen LogP contribution in [0, 0.1) is 28.6 Å². The highest BCUT2D eigenvalue weighted by molar-refractivity contribution is 9.09. The van der Waals surface area contributed by atoms with Crippen molar-refractivity contribution in [3.05, 3.63) is 18.7 Å². The highest BCUT2D eigenvalue weighted by Crippen LogP contribution is 2.50. The van der Waals surface area contributed by atoms with E-state index in [1.807, 2.05) is 32.6 Å². The Balaban J connectivity index is 1.86. The van der Waals surface area contributed by atoms with Crippen LogP contribution in [-0.4, -0.2) is 25.5 Å². The lowest BCUT2D eigenvalue weighted by Gasteiger charge is -2.43. The molecule has 1 aliphatic carbocycles. The lowest BCUT2D eigenvalue weighted by Crippen LogP contribution is -2.45. The molecule has 1 saturated carbocycles. The van der Waals surface area contributed by atoms with Crippen LogP contribution in [0.25, 0.3) is 0 Å². The SMILES string of the molecule is C[C@H]1C[C@@H](CCCn2ccnc2)C[C@@H]1C[C@H](Br)C(C)(C)C(C)(C)C(=O)O. The third-order valence-electron chi connectivity index (χ3n) is 7.17. The van der Waals surface area contributed by atoms with E-state index in [9.17, 15) is 9.90 Å². The first-order valence-electron chi connectivity index (χ1n) is 9.89. The number of aliphatic carboxylic acids is 1. The van der Waals surface area contributed by atoms with Crippen LogP contribution in [0.1, 0.15) is 66.7 Å². The summed E-state index contributed by atoms with van der Waals surface area (Å²) in [6.45, 7) is 11.3. The maximum absolute atomic E-state index is 11.7. The molecule has 0 aromatic carbocycles. The molecule has 4 atom stereocenters. The summed E-state index contributed by atoms with van der Waals surface area (Å²) in [5.74, 6) is 1.48. The quantitative estimate of drug-likeness (QED) is 0.521. The van der Waals surface area contributed by atoms with Gasteiger partial charge in [0.05, 0.1) is 11.7 Å². The average Bonchev–Trinajstić information content (AvgIpc) is 3.17. The highest BCUT2D eigenvalue weighted by Gasteiger charge is 2.48. The van der Waals surface area contributed by atoms with E-state index >= 15 is 0 Å². The number of carboxylic acids is 1. The second-order valence-electron chi connectivity index (χ2n) is 9.37. The normalized spacial score (nSPS) is 25.4. The van der Waals surface area contributed by atoms with Gasteiger partial charge in [0.1, 0.15) is 0 Å². The molecule has 1 fully saturated rings. The first-order chi connectivity index (χ1) is 12.1. The molecule has 0 aliphatic heterocycles. The molecule has 1 aromatic rings. The maximum atomic E-state index is 11.7. The Hall–Kier alpha value is -0.840. The van der Waals surface area contributed by atoms with Gasteiger partial charge in [0.2, 0.25) is 0 Å². The summed E-state index contributed by atoms with van der Waals surface area (Å²) in [5, 5.41) is 9.63. The van der Waals surface area contributed by atoms with Crippen LogP contribution in [-0.2, 0) is 11.3 Å². The molecule has 5 heteroatoms. The zero-order valence-electron chi connectivity index (χ0n) is 16.9. The van der Waals surface area contributed by atoms with Crippen LogP contribution in [0.15, 0.2) is 18.7 Å². The van der Waals surface area contributed by atoms with Crippen LogP contribution in [0.2, 0.25) is 0 Å². The van der Waals surface area contributed by atoms with E-state index in [-0.39, 0.29) is 10.2 Å². The van der Waals surface area contributed by atoms with Crippen LogP contribution < -0.4 is 0 Å². The first kappa shape index (κ1) is 21.5. The summed E-state index contributed by atoms with van der Waals surface area (Å²) in [6, 6.07) is 0. The molecular weight excluding hydrogens is 392 g/mol. The molecule has 4 nitrogen and oxygen atoms in total. The molecule has 148 valence electrons. The number of nitrogens with zero attached hydrogens (tertiary/aromatic N) is 2. The molecule has 0 unspecified atom stereocenters. The van der Waals surface area contributed by atoms with Gasteiger partial charge < -0.3 is 9.67 Å². The number of halogens is 1. The van der Waals surface area contributed by atoms with Crippen molar-refractivity contribution in [2.75, 3.05) is 0 Å². The standard InChI is InChI=1S/C21H35BrN2O2/c1-15-11-16(7-6-9-24-10-8-23-14-24)12-17(15)13-18(22)20(2,3)21(4,5)19(25)26/h8,10,14-18H,6-7,9,11-13H2,1-5H3,(H,25,26)/t15-,16+,17+,18-/m0/s1. The van der Waals surface area contributed by atoms with Gasteiger partial charge in [-0.25, -0.2) is 4.98 Å². The second kappa shape index (κ2) is 8.45. The summed E-state index contributed by atoms with van der Waals surface area (Å²) < 4.78 is 2.15. The number of carbonyl (C=O) groups is 1. The number of rotatable bonds is 9. The summed E-state index contributed by atoms with van der Waals surface area (Å²) in [7, 11) is 0. The lowest BCUT2D eigenvalue weighted by molar-refractivity contribution is -0.154. The minimum Gasteiger partial charge on any atom is -0.481 e.